The quantitative estimate of drug-likeness (QED) is 0.822. The summed E-state index contributed by atoms with van der Waals surface area (Å²) in [5.74, 6) is -0.178. The van der Waals surface area contributed by atoms with Gasteiger partial charge in [0.2, 0.25) is 0 Å². The second kappa shape index (κ2) is 4.15. The third-order valence-electron chi connectivity index (χ3n) is 3.76. The van der Waals surface area contributed by atoms with Crippen molar-refractivity contribution in [3.05, 3.63) is 35.1 Å². The largest absolute Gasteiger partial charge is 0.385 e. The van der Waals surface area contributed by atoms with Crippen LogP contribution in [0.15, 0.2) is 18.2 Å². The van der Waals surface area contributed by atoms with E-state index in [0.717, 1.165) is 24.0 Å². The zero-order valence-corrected chi connectivity index (χ0v) is 9.54. The van der Waals surface area contributed by atoms with Crippen LogP contribution >= 0.6 is 0 Å². The molecule has 0 heterocycles. The Balaban J connectivity index is 2.41. The van der Waals surface area contributed by atoms with Crippen molar-refractivity contribution in [2.45, 2.75) is 31.8 Å². The summed E-state index contributed by atoms with van der Waals surface area (Å²) >= 11 is 0. The van der Waals surface area contributed by atoms with E-state index in [-0.39, 0.29) is 11.7 Å². The van der Waals surface area contributed by atoms with E-state index in [2.05, 4.69) is 0 Å². The molecule has 0 saturated carbocycles. The summed E-state index contributed by atoms with van der Waals surface area (Å²) < 4.78 is 13.1. The molecule has 1 aromatic carbocycles. The molecule has 3 heteroatoms. The Kier molecular flexibility index (Phi) is 3.00. The van der Waals surface area contributed by atoms with Gasteiger partial charge in [0, 0.05) is 5.92 Å². The van der Waals surface area contributed by atoms with Crippen molar-refractivity contribution in [3.8, 4) is 0 Å². The van der Waals surface area contributed by atoms with Crippen LogP contribution < -0.4 is 5.73 Å². The predicted octanol–water partition coefficient (Wildman–Crippen LogP) is 1.94. The van der Waals surface area contributed by atoms with E-state index in [1.807, 2.05) is 6.92 Å². The molecule has 16 heavy (non-hydrogen) atoms. The van der Waals surface area contributed by atoms with Crippen molar-refractivity contribution in [2.75, 3.05) is 6.54 Å². The minimum atomic E-state index is -0.855. The van der Waals surface area contributed by atoms with Crippen molar-refractivity contribution >= 4 is 0 Å². The summed E-state index contributed by atoms with van der Waals surface area (Å²) in [6, 6.07) is 4.64. The van der Waals surface area contributed by atoms with Crippen LogP contribution in [0.5, 0.6) is 0 Å². The minimum Gasteiger partial charge on any atom is -0.385 e. The van der Waals surface area contributed by atoms with Gasteiger partial charge in [0.1, 0.15) is 5.82 Å². The molecule has 1 aliphatic carbocycles. The first-order valence-electron chi connectivity index (χ1n) is 5.83. The zero-order chi connectivity index (χ0) is 11.8. The number of rotatable bonds is 3. The van der Waals surface area contributed by atoms with E-state index < -0.39 is 5.60 Å². The fraction of sp³-hybridized carbons (Fsp3) is 0.538. The molecule has 0 aliphatic heterocycles. The van der Waals surface area contributed by atoms with Crippen molar-refractivity contribution in [1.29, 1.82) is 0 Å². The standard InChI is InChI=1S/C13H18FNO/c1-2-10(8-15)13(16)6-5-9-7-11(14)3-4-12(9)13/h3-4,7,10,16H,2,5-6,8,15H2,1H3. The molecular formula is C13H18FNO. The van der Waals surface area contributed by atoms with Gasteiger partial charge in [0.05, 0.1) is 5.60 Å². The molecule has 2 unspecified atom stereocenters. The number of hydrogen-bond donors (Lipinski definition) is 2. The maximum atomic E-state index is 13.1. The fourth-order valence-corrected chi connectivity index (χ4v) is 2.77. The Labute approximate surface area is 95.3 Å². The number of nitrogens with two attached hydrogens (primary N) is 1. The Bertz CT molecular complexity index is 390. The molecule has 2 rings (SSSR count). The Morgan fingerprint density at radius 2 is 2.31 bits per heavy atom. The van der Waals surface area contributed by atoms with E-state index in [4.69, 9.17) is 5.73 Å². The molecule has 0 amide bonds. The highest BCUT2D eigenvalue weighted by Crippen LogP contribution is 2.43. The van der Waals surface area contributed by atoms with Crippen LogP contribution in [-0.4, -0.2) is 11.7 Å². The van der Waals surface area contributed by atoms with Crippen LogP contribution in [0.1, 0.15) is 30.9 Å². The van der Waals surface area contributed by atoms with Crippen LogP contribution in [0.3, 0.4) is 0 Å². The monoisotopic (exact) mass is 223 g/mol. The van der Waals surface area contributed by atoms with Gasteiger partial charge in [-0.3, -0.25) is 0 Å². The summed E-state index contributed by atoms with van der Waals surface area (Å²) in [6.07, 6.45) is 2.23. The zero-order valence-electron chi connectivity index (χ0n) is 9.54. The Hall–Kier alpha value is -0.930. The first-order chi connectivity index (χ1) is 7.61. The van der Waals surface area contributed by atoms with Crippen molar-refractivity contribution in [3.63, 3.8) is 0 Å². The van der Waals surface area contributed by atoms with Gasteiger partial charge >= 0.3 is 0 Å². The van der Waals surface area contributed by atoms with Crippen LogP contribution in [-0.2, 0) is 12.0 Å². The predicted molar refractivity (Wildman–Crippen MR) is 61.5 cm³/mol. The highest BCUT2D eigenvalue weighted by molar-refractivity contribution is 5.38. The number of halogens is 1. The molecule has 0 saturated heterocycles. The number of aryl methyl sites for hydroxylation is 1. The van der Waals surface area contributed by atoms with Crippen LogP contribution in [0.2, 0.25) is 0 Å². The maximum absolute atomic E-state index is 13.1. The lowest BCUT2D eigenvalue weighted by Crippen LogP contribution is -2.37. The highest BCUT2D eigenvalue weighted by Gasteiger charge is 2.41. The molecule has 0 fully saturated rings. The summed E-state index contributed by atoms with van der Waals surface area (Å²) in [7, 11) is 0. The molecule has 0 bridgehead atoms. The summed E-state index contributed by atoms with van der Waals surface area (Å²) in [5.41, 5.74) is 6.64. The lowest BCUT2D eigenvalue weighted by Gasteiger charge is -2.32. The average Bonchev–Trinajstić information content (AvgIpc) is 2.58. The molecular weight excluding hydrogens is 205 g/mol. The highest BCUT2D eigenvalue weighted by atomic mass is 19.1. The van der Waals surface area contributed by atoms with Gasteiger partial charge in [-0.25, -0.2) is 4.39 Å². The van der Waals surface area contributed by atoms with Crippen molar-refractivity contribution in [1.82, 2.24) is 0 Å². The van der Waals surface area contributed by atoms with Gasteiger partial charge in [-0.15, -0.1) is 0 Å². The Morgan fingerprint density at radius 1 is 1.56 bits per heavy atom. The van der Waals surface area contributed by atoms with E-state index in [1.165, 1.54) is 12.1 Å². The topological polar surface area (TPSA) is 46.2 Å². The molecule has 3 N–H and O–H groups in total. The molecule has 2 nitrogen and oxygen atoms in total. The number of fused-ring (bicyclic) bond motifs is 1. The summed E-state index contributed by atoms with van der Waals surface area (Å²) in [4.78, 5) is 0. The van der Waals surface area contributed by atoms with E-state index in [9.17, 15) is 9.50 Å². The van der Waals surface area contributed by atoms with Gasteiger partial charge in [-0.1, -0.05) is 13.0 Å². The van der Waals surface area contributed by atoms with Crippen molar-refractivity contribution in [2.24, 2.45) is 11.7 Å². The summed E-state index contributed by atoms with van der Waals surface area (Å²) in [5, 5.41) is 10.7. The molecule has 2 atom stereocenters. The van der Waals surface area contributed by atoms with E-state index in [1.54, 1.807) is 6.07 Å². The molecule has 88 valence electrons. The normalized spacial score (nSPS) is 25.5. The Morgan fingerprint density at radius 3 is 2.94 bits per heavy atom. The molecule has 1 aliphatic rings. The van der Waals surface area contributed by atoms with Crippen LogP contribution in [0, 0.1) is 11.7 Å². The molecule has 0 radical (unpaired) electrons. The van der Waals surface area contributed by atoms with Gasteiger partial charge in [0.15, 0.2) is 0 Å². The number of aliphatic hydroxyl groups is 1. The average molecular weight is 223 g/mol. The van der Waals surface area contributed by atoms with Gasteiger partial charge in [-0.2, -0.15) is 0 Å². The van der Waals surface area contributed by atoms with Gasteiger partial charge < -0.3 is 10.8 Å². The lowest BCUT2D eigenvalue weighted by molar-refractivity contribution is -0.0206. The first kappa shape index (κ1) is 11.6. The van der Waals surface area contributed by atoms with E-state index in [0.29, 0.717) is 13.0 Å². The first-order valence-corrected chi connectivity index (χ1v) is 5.83. The lowest BCUT2D eigenvalue weighted by atomic mass is 9.81. The fourth-order valence-electron chi connectivity index (χ4n) is 2.77. The number of benzene rings is 1. The molecule has 0 spiro atoms. The second-order valence-electron chi connectivity index (χ2n) is 4.57. The third-order valence-corrected chi connectivity index (χ3v) is 3.76. The van der Waals surface area contributed by atoms with Crippen molar-refractivity contribution < 1.29 is 9.50 Å². The van der Waals surface area contributed by atoms with Gasteiger partial charge in [-0.05, 0) is 49.1 Å². The molecule has 0 aromatic heterocycles. The minimum absolute atomic E-state index is 0.0548. The molecule has 1 aromatic rings. The van der Waals surface area contributed by atoms with Crippen LogP contribution in [0.25, 0.3) is 0 Å². The van der Waals surface area contributed by atoms with Crippen LogP contribution in [0.4, 0.5) is 4.39 Å². The number of hydrogen-bond acceptors (Lipinski definition) is 2. The summed E-state index contributed by atoms with van der Waals surface area (Å²) in [6.45, 7) is 2.49. The second-order valence-corrected chi connectivity index (χ2v) is 4.57. The SMILES string of the molecule is CCC(CN)C1(O)CCc2cc(F)ccc21. The smallest absolute Gasteiger partial charge is 0.123 e. The maximum Gasteiger partial charge on any atom is 0.123 e. The van der Waals surface area contributed by atoms with E-state index >= 15 is 0 Å². The van der Waals surface area contributed by atoms with Gasteiger partial charge in [0.25, 0.3) is 0 Å². The third kappa shape index (κ3) is 1.64.